The number of amides is 1. The van der Waals surface area contributed by atoms with E-state index in [4.69, 9.17) is 0 Å². The molecule has 1 heterocycles. The Morgan fingerprint density at radius 1 is 1.05 bits per heavy atom. The van der Waals surface area contributed by atoms with E-state index in [0.29, 0.717) is 18.4 Å². The highest BCUT2D eigenvalue weighted by molar-refractivity contribution is 5.97. The van der Waals surface area contributed by atoms with Crippen LogP contribution in [0.25, 0.3) is 0 Å². The van der Waals surface area contributed by atoms with E-state index < -0.39 is 0 Å². The molecule has 0 unspecified atom stereocenters. The zero-order chi connectivity index (χ0) is 14.8. The summed E-state index contributed by atoms with van der Waals surface area (Å²) in [5, 5.41) is 0. The maximum atomic E-state index is 12.2. The minimum Gasteiger partial charge on any atom is -0.340 e. The summed E-state index contributed by atoms with van der Waals surface area (Å²) in [6.07, 6.45) is 2.12. The van der Waals surface area contributed by atoms with Gasteiger partial charge in [0, 0.05) is 37.7 Å². The van der Waals surface area contributed by atoms with Crippen molar-refractivity contribution in [3.63, 3.8) is 0 Å². The fraction of sp³-hybridized carbons (Fsp3) is 0.529. The second kappa shape index (κ2) is 5.98. The summed E-state index contributed by atoms with van der Waals surface area (Å²) in [5.74, 6) is 0.780. The summed E-state index contributed by atoms with van der Waals surface area (Å²) in [6, 6.07) is 7.73. The molecule has 0 N–H and O–H groups in total. The Kier molecular flexibility index (Phi) is 4.06. The van der Waals surface area contributed by atoms with E-state index in [9.17, 15) is 9.59 Å². The molecule has 4 heteroatoms. The van der Waals surface area contributed by atoms with Crippen molar-refractivity contribution in [3.8, 4) is 0 Å². The first-order chi connectivity index (χ1) is 10.1. The van der Waals surface area contributed by atoms with Gasteiger partial charge in [0.1, 0.15) is 0 Å². The number of Topliss-reactive ketones (excluding diaryl/α,β-unsaturated/α-hetero) is 1. The Hall–Kier alpha value is -1.68. The molecule has 112 valence electrons. The minimum atomic E-state index is 0.164. The summed E-state index contributed by atoms with van der Waals surface area (Å²) in [4.78, 5) is 28.3. The molecule has 0 aromatic heterocycles. The van der Waals surface area contributed by atoms with Crippen LogP contribution in [0.2, 0.25) is 0 Å². The standard InChI is InChI=1S/C17H22N2O2/c1-13-2-4-14(5-3-13)16(20)12-18-8-10-19(11-9-18)17(21)15-6-7-15/h2-5,15H,6-12H2,1H3. The quantitative estimate of drug-likeness (QED) is 0.792. The predicted molar refractivity (Wildman–Crippen MR) is 81.3 cm³/mol. The van der Waals surface area contributed by atoms with Crippen molar-refractivity contribution < 1.29 is 9.59 Å². The van der Waals surface area contributed by atoms with Gasteiger partial charge in [-0.25, -0.2) is 0 Å². The Bertz CT molecular complexity index is 526. The molecule has 1 saturated heterocycles. The number of aryl methyl sites for hydroxylation is 1. The van der Waals surface area contributed by atoms with Crippen LogP contribution >= 0.6 is 0 Å². The highest BCUT2D eigenvalue weighted by Gasteiger charge is 2.34. The molecule has 2 fully saturated rings. The van der Waals surface area contributed by atoms with Crippen LogP contribution in [0.5, 0.6) is 0 Å². The Labute approximate surface area is 125 Å². The monoisotopic (exact) mass is 286 g/mol. The third-order valence-corrected chi connectivity index (χ3v) is 4.35. The minimum absolute atomic E-state index is 0.164. The number of piperazine rings is 1. The van der Waals surface area contributed by atoms with E-state index in [0.717, 1.165) is 44.6 Å². The average Bonchev–Trinajstić information content (AvgIpc) is 3.32. The zero-order valence-corrected chi connectivity index (χ0v) is 12.5. The van der Waals surface area contributed by atoms with Gasteiger partial charge in [0.15, 0.2) is 5.78 Å². The number of ketones is 1. The molecule has 21 heavy (non-hydrogen) atoms. The van der Waals surface area contributed by atoms with E-state index in [2.05, 4.69) is 4.90 Å². The summed E-state index contributed by atoms with van der Waals surface area (Å²) in [5.41, 5.74) is 1.94. The lowest BCUT2D eigenvalue weighted by molar-refractivity contribution is -0.134. The third kappa shape index (κ3) is 3.50. The zero-order valence-electron chi connectivity index (χ0n) is 12.5. The molecule has 1 saturated carbocycles. The van der Waals surface area contributed by atoms with E-state index >= 15 is 0 Å². The normalized spacial score (nSPS) is 19.6. The van der Waals surface area contributed by atoms with Crippen LogP contribution in [0, 0.1) is 12.8 Å². The van der Waals surface area contributed by atoms with E-state index in [-0.39, 0.29) is 5.78 Å². The molecule has 2 aliphatic rings. The first-order valence-corrected chi connectivity index (χ1v) is 7.74. The van der Waals surface area contributed by atoms with E-state index in [1.165, 1.54) is 5.56 Å². The van der Waals surface area contributed by atoms with Crippen molar-refractivity contribution in [2.24, 2.45) is 5.92 Å². The summed E-state index contributed by atoms with van der Waals surface area (Å²) >= 11 is 0. The lowest BCUT2D eigenvalue weighted by atomic mass is 10.1. The molecule has 0 radical (unpaired) electrons. The van der Waals surface area contributed by atoms with Crippen molar-refractivity contribution in [1.29, 1.82) is 0 Å². The fourth-order valence-corrected chi connectivity index (χ4v) is 2.75. The molecule has 1 aliphatic heterocycles. The largest absolute Gasteiger partial charge is 0.340 e. The summed E-state index contributed by atoms with van der Waals surface area (Å²) < 4.78 is 0. The van der Waals surface area contributed by atoms with Gasteiger partial charge in [0.2, 0.25) is 5.91 Å². The number of rotatable bonds is 4. The fourth-order valence-electron chi connectivity index (χ4n) is 2.75. The highest BCUT2D eigenvalue weighted by atomic mass is 16.2. The Morgan fingerprint density at radius 2 is 1.67 bits per heavy atom. The van der Waals surface area contributed by atoms with Gasteiger partial charge in [0.05, 0.1) is 6.54 Å². The number of benzene rings is 1. The average molecular weight is 286 g/mol. The van der Waals surface area contributed by atoms with Gasteiger partial charge >= 0.3 is 0 Å². The van der Waals surface area contributed by atoms with E-state index in [1.807, 2.05) is 36.1 Å². The van der Waals surface area contributed by atoms with Crippen LogP contribution in [0.1, 0.15) is 28.8 Å². The van der Waals surface area contributed by atoms with E-state index in [1.54, 1.807) is 0 Å². The van der Waals surface area contributed by atoms with Gasteiger partial charge < -0.3 is 4.90 Å². The summed E-state index contributed by atoms with van der Waals surface area (Å²) in [7, 11) is 0. The third-order valence-electron chi connectivity index (χ3n) is 4.35. The van der Waals surface area contributed by atoms with Gasteiger partial charge in [-0.1, -0.05) is 29.8 Å². The first kappa shape index (κ1) is 14.3. The van der Waals surface area contributed by atoms with Crippen molar-refractivity contribution in [1.82, 2.24) is 9.80 Å². The molecule has 1 amide bonds. The molecule has 1 aromatic rings. The van der Waals surface area contributed by atoms with Gasteiger partial charge in [-0.05, 0) is 19.8 Å². The molecule has 0 bridgehead atoms. The number of hydrogen-bond donors (Lipinski definition) is 0. The molecular weight excluding hydrogens is 264 g/mol. The summed E-state index contributed by atoms with van der Waals surface area (Å²) in [6.45, 7) is 5.60. The van der Waals surface area contributed by atoms with Crippen LogP contribution in [-0.4, -0.2) is 54.2 Å². The molecular formula is C17H22N2O2. The van der Waals surface area contributed by atoms with Crippen molar-refractivity contribution in [2.45, 2.75) is 19.8 Å². The maximum absolute atomic E-state index is 12.2. The van der Waals surface area contributed by atoms with Crippen LogP contribution in [0.15, 0.2) is 24.3 Å². The van der Waals surface area contributed by atoms with Crippen molar-refractivity contribution in [3.05, 3.63) is 35.4 Å². The van der Waals surface area contributed by atoms with Gasteiger partial charge in [0.25, 0.3) is 0 Å². The lowest BCUT2D eigenvalue weighted by Gasteiger charge is -2.34. The van der Waals surface area contributed by atoms with Crippen LogP contribution in [0.3, 0.4) is 0 Å². The number of carbonyl (C=O) groups excluding carboxylic acids is 2. The number of carbonyl (C=O) groups is 2. The smallest absolute Gasteiger partial charge is 0.225 e. The molecule has 0 spiro atoms. The topological polar surface area (TPSA) is 40.6 Å². The Morgan fingerprint density at radius 3 is 2.24 bits per heavy atom. The van der Waals surface area contributed by atoms with Crippen molar-refractivity contribution in [2.75, 3.05) is 32.7 Å². The SMILES string of the molecule is Cc1ccc(C(=O)CN2CCN(C(=O)C3CC3)CC2)cc1. The number of hydrogen-bond acceptors (Lipinski definition) is 3. The van der Waals surface area contributed by atoms with Gasteiger partial charge in [-0.3, -0.25) is 14.5 Å². The predicted octanol–water partition coefficient (Wildman–Crippen LogP) is 1.73. The molecule has 1 aliphatic carbocycles. The maximum Gasteiger partial charge on any atom is 0.225 e. The Balaban J connectivity index is 1.49. The first-order valence-electron chi connectivity index (χ1n) is 7.74. The van der Waals surface area contributed by atoms with Crippen LogP contribution in [-0.2, 0) is 4.79 Å². The highest BCUT2D eigenvalue weighted by Crippen LogP contribution is 2.31. The molecule has 3 rings (SSSR count). The van der Waals surface area contributed by atoms with Gasteiger partial charge in [-0.2, -0.15) is 0 Å². The van der Waals surface area contributed by atoms with Crippen molar-refractivity contribution >= 4 is 11.7 Å². The van der Waals surface area contributed by atoms with Crippen LogP contribution < -0.4 is 0 Å². The second-order valence-corrected chi connectivity index (χ2v) is 6.16. The van der Waals surface area contributed by atoms with Crippen LogP contribution in [0.4, 0.5) is 0 Å². The molecule has 4 nitrogen and oxygen atoms in total. The van der Waals surface area contributed by atoms with Gasteiger partial charge in [-0.15, -0.1) is 0 Å². The lowest BCUT2D eigenvalue weighted by Crippen LogP contribution is -2.50. The molecule has 1 aromatic carbocycles. The second-order valence-electron chi connectivity index (χ2n) is 6.16. The number of nitrogens with zero attached hydrogens (tertiary/aromatic N) is 2. The molecule has 0 atom stereocenters.